The monoisotopic (exact) mass is 281 g/mol. The quantitative estimate of drug-likeness (QED) is 0.720. The summed E-state index contributed by atoms with van der Waals surface area (Å²) < 4.78 is 16.2. The van der Waals surface area contributed by atoms with Crippen LogP contribution in [0.5, 0.6) is 0 Å². The third kappa shape index (κ3) is 1.82. The molecule has 0 atom stereocenters. The van der Waals surface area contributed by atoms with Gasteiger partial charge in [-0.3, -0.25) is 0 Å². The average Bonchev–Trinajstić information content (AvgIpc) is 3.23. The van der Waals surface area contributed by atoms with Crippen LogP contribution in [0.15, 0.2) is 36.4 Å². The van der Waals surface area contributed by atoms with Crippen LogP contribution >= 0.6 is 0 Å². The first-order valence-electron chi connectivity index (χ1n) is 7.18. The maximum Gasteiger partial charge on any atom is 0.151 e. The molecule has 1 fully saturated rings. The summed E-state index contributed by atoms with van der Waals surface area (Å²) in [6.07, 6.45) is 2.24. The van der Waals surface area contributed by atoms with E-state index >= 15 is 0 Å². The molecule has 106 valence electrons. The van der Waals surface area contributed by atoms with Crippen molar-refractivity contribution in [2.45, 2.75) is 25.8 Å². The number of aromatic nitrogens is 2. The number of fused-ring (bicyclic) bond motifs is 1. The van der Waals surface area contributed by atoms with Crippen molar-refractivity contribution in [3.8, 4) is 11.4 Å². The third-order valence-electron chi connectivity index (χ3n) is 4.20. The maximum absolute atomic E-state index is 14.1. The zero-order valence-electron chi connectivity index (χ0n) is 11.8. The fourth-order valence-electron chi connectivity index (χ4n) is 2.87. The molecule has 1 saturated carbocycles. The van der Waals surface area contributed by atoms with Crippen LogP contribution in [0, 0.1) is 12.7 Å². The molecule has 0 radical (unpaired) electrons. The van der Waals surface area contributed by atoms with E-state index in [1.807, 2.05) is 31.2 Å². The molecule has 3 aromatic rings. The molecule has 0 aliphatic heterocycles. The lowest BCUT2D eigenvalue weighted by molar-refractivity contribution is 0.637. The van der Waals surface area contributed by atoms with Crippen LogP contribution in [0.25, 0.3) is 22.4 Å². The molecule has 21 heavy (non-hydrogen) atoms. The summed E-state index contributed by atoms with van der Waals surface area (Å²) in [5, 5.41) is 0. The average molecular weight is 281 g/mol. The van der Waals surface area contributed by atoms with E-state index in [1.165, 1.54) is 6.07 Å². The molecular weight excluding hydrogens is 265 g/mol. The third-order valence-corrected chi connectivity index (χ3v) is 4.20. The van der Waals surface area contributed by atoms with E-state index in [0.29, 0.717) is 11.6 Å². The SMILES string of the molecule is Cc1c(N)cccc1-c1nc2c(F)cccc2n1C1CC1. The Labute approximate surface area is 122 Å². The molecule has 1 aliphatic carbocycles. The number of rotatable bonds is 2. The van der Waals surface area contributed by atoms with Gasteiger partial charge in [-0.25, -0.2) is 9.37 Å². The normalized spacial score (nSPS) is 14.8. The first-order valence-corrected chi connectivity index (χ1v) is 7.18. The standard InChI is InChI=1S/C17H16FN3/c1-10-12(4-2-6-14(10)19)17-20-16-13(18)5-3-7-15(16)21(17)11-8-9-11/h2-7,11H,8-9,19H2,1H3. The highest BCUT2D eigenvalue weighted by molar-refractivity contribution is 5.83. The van der Waals surface area contributed by atoms with Gasteiger partial charge < -0.3 is 10.3 Å². The summed E-state index contributed by atoms with van der Waals surface area (Å²) in [6, 6.07) is 11.4. The van der Waals surface area contributed by atoms with Crippen molar-refractivity contribution in [2.24, 2.45) is 0 Å². The number of anilines is 1. The molecule has 2 N–H and O–H groups in total. The number of para-hydroxylation sites is 1. The molecule has 3 nitrogen and oxygen atoms in total. The molecule has 1 aromatic heterocycles. The van der Waals surface area contributed by atoms with Gasteiger partial charge in [-0.15, -0.1) is 0 Å². The van der Waals surface area contributed by atoms with Gasteiger partial charge in [0.1, 0.15) is 11.3 Å². The number of nitrogen functional groups attached to an aromatic ring is 1. The van der Waals surface area contributed by atoms with E-state index in [1.54, 1.807) is 6.07 Å². The number of hydrogen-bond acceptors (Lipinski definition) is 2. The van der Waals surface area contributed by atoms with Crippen LogP contribution in [0.3, 0.4) is 0 Å². The number of hydrogen-bond donors (Lipinski definition) is 1. The van der Waals surface area contributed by atoms with Gasteiger partial charge in [-0.2, -0.15) is 0 Å². The Morgan fingerprint density at radius 3 is 2.71 bits per heavy atom. The summed E-state index contributed by atoms with van der Waals surface area (Å²) >= 11 is 0. The molecule has 0 amide bonds. The predicted molar refractivity (Wildman–Crippen MR) is 82.5 cm³/mol. The number of nitrogens with zero attached hydrogens (tertiary/aromatic N) is 2. The molecule has 4 heteroatoms. The predicted octanol–water partition coefficient (Wildman–Crippen LogP) is 4.07. The van der Waals surface area contributed by atoms with E-state index in [-0.39, 0.29) is 5.82 Å². The van der Waals surface area contributed by atoms with E-state index < -0.39 is 0 Å². The lowest BCUT2D eigenvalue weighted by Crippen LogP contribution is -2.00. The maximum atomic E-state index is 14.1. The lowest BCUT2D eigenvalue weighted by Gasteiger charge is -2.11. The van der Waals surface area contributed by atoms with Gasteiger partial charge in [0.15, 0.2) is 5.82 Å². The second-order valence-electron chi connectivity index (χ2n) is 5.66. The van der Waals surface area contributed by atoms with Crippen LogP contribution in [-0.2, 0) is 0 Å². The lowest BCUT2D eigenvalue weighted by atomic mass is 10.1. The highest BCUT2D eigenvalue weighted by Gasteiger charge is 2.29. The van der Waals surface area contributed by atoms with E-state index in [4.69, 9.17) is 5.73 Å². The Kier molecular flexibility index (Phi) is 2.55. The Bertz CT molecular complexity index is 847. The highest BCUT2D eigenvalue weighted by atomic mass is 19.1. The second-order valence-corrected chi connectivity index (χ2v) is 5.66. The van der Waals surface area contributed by atoms with Crippen LogP contribution < -0.4 is 5.73 Å². The molecule has 0 spiro atoms. The fourth-order valence-corrected chi connectivity index (χ4v) is 2.87. The summed E-state index contributed by atoms with van der Waals surface area (Å²) in [5.74, 6) is 0.553. The fraction of sp³-hybridized carbons (Fsp3) is 0.235. The van der Waals surface area contributed by atoms with Gasteiger partial charge in [-0.1, -0.05) is 18.2 Å². The summed E-state index contributed by atoms with van der Waals surface area (Å²) in [4.78, 5) is 4.58. The van der Waals surface area contributed by atoms with E-state index in [2.05, 4.69) is 9.55 Å². The minimum atomic E-state index is -0.269. The van der Waals surface area contributed by atoms with Gasteiger partial charge >= 0.3 is 0 Å². The largest absolute Gasteiger partial charge is 0.398 e. The Morgan fingerprint density at radius 1 is 1.19 bits per heavy atom. The van der Waals surface area contributed by atoms with Crippen LogP contribution in [0.4, 0.5) is 10.1 Å². The molecule has 0 saturated heterocycles. The number of benzene rings is 2. The topological polar surface area (TPSA) is 43.8 Å². The van der Waals surface area contributed by atoms with Crippen LogP contribution in [0.2, 0.25) is 0 Å². The Morgan fingerprint density at radius 2 is 1.95 bits per heavy atom. The Hall–Kier alpha value is -2.36. The van der Waals surface area contributed by atoms with Crippen molar-refractivity contribution in [3.63, 3.8) is 0 Å². The zero-order chi connectivity index (χ0) is 14.6. The van der Waals surface area contributed by atoms with E-state index in [0.717, 1.165) is 41.0 Å². The minimum Gasteiger partial charge on any atom is -0.398 e. The number of imidazole rings is 1. The molecular formula is C17H16FN3. The minimum absolute atomic E-state index is 0.269. The molecule has 1 aliphatic rings. The molecule has 2 aromatic carbocycles. The van der Waals surface area contributed by atoms with Crippen molar-refractivity contribution < 1.29 is 4.39 Å². The van der Waals surface area contributed by atoms with Gasteiger partial charge in [0, 0.05) is 17.3 Å². The summed E-state index contributed by atoms with van der Waals surface area (Å²) in [7, 11) is 0. The van der Waals surface area contributed by atoms with Crippen LogP contribution in [0.1, 0.15) is 24.4 Å². The zero-order valence-corrected chi connectivity index (χ0v) is 11.8. The van der Waals surface area contributed by atoms with Crippen molar-refractivity contribution in [3.05, 3.63) is 47.8 Å². The van der Waals surface area contributed by atoms with Gasteiger partial charge in [0.05, 0.1) is 5.52 Å². The van der Waals surface area contributed by atoms with Crippen molar-refractivity contribution in [1.29, 1.82) is 0 Å². The van der Waals surface area contributed by atoms with Gasteiger partial charge in [0.2, 0.25) is 0 Å². The number of halogens is 1. The smallest absolute Gasteiger partial charge is 0.151 e. The molecule has 4 rings (SSSR count). The van der Waals surface area contributed by atoms with E-state index in [9.17, 15) is 4.39 Å². The van der Waals surface area contributed by atoms with Crippen LogP contribution in [-0.4, -0.2) is 9.55 Å². The molecule has 1 heterocycles. The first kappa shape index (κ1) is 12.4. The first-order chi connectivity index (χ1) is 10.2. The van der Waals surface area contributed by atoms with Crippen molar-refractivity contribution >= 4 is 16.7 Å². The van der Waals surface area contributed by atoms with Gasteiger partial charge in [0.25, 0.3) is 0 Å². The summed E-state index contributed by atoms with van der Waals surface area (Å²) in [5.41, 5.74) is 10.0. The van der Waals surface area contributed by atoms with Crippen molar-refractivity contribution in [1.82, 2.24) is 9.55 Å². The molecule has 0 bridgehead atoms. The summed E-state index contributed by atoms with van der Waals surface area (Å²) in [6.45, 7) is 1.98. The van der Waals surface area contributed by atoms with Crippen molar-refractivity contribution in [2.75, 3.05) is 5.73 Å². The second kappa shape index (κ2) is 4.32. The number of nitrogens with two attached hydrogens (primary N) is 1. The highest BCUT2D eigenvalue weighted by Crippen LogP contribution is 2.42. The van der Waals surface area contributed by atoms with Gasteiger partial charge in [-0.05, 0) is 43.5 Å². The Balaban J connectivity index is 2.06. The molecule has 0 unspecified atom stereocenters.